The monoisotopic (exact) mass is 410 g/mol. The molecule has 0 saturated carbocycles. The molecular weight excluding hydrogens is 388 g/mol. The van der Waals surface area contributed by atoms with Crippen LogP contribution in [0.3, 0.4) is 0 Å². The summed E-state index contributed by atoms with van der Waals surface area (Å²) in [5.41, 5.74) is 2.23. The normalized spacial score (nSPS) is 18.7. The molecule has 2 aromatic heterocycles. The number of Topliss-reactive ketones (excluding diaryl/α,β-unsaturated/α-hetero) is 1. The summed E-state index contributed by atoms with van der Waals surface area (Å²) in [6, 6.07) is 8.76. The molecule has 1 aliphatic rings. The Labute approximate surface area is 173 Å². The van der Waals surface area contributed by atoms with E-state index in [1.165, 1.54) is 9.47 Å². The fourth-order valence-electron chi connectivity index (χ4n) is 3.44. The first kappa shape index (κ1) is 19.5. The molecule has 150 valence electrons. The highest BCUT2D eigenvalue weighted by Gasteiger charge is 2.33. The zero-order valence-electron chi connectivity index (χ0n) is 16.5. The van der Waals surface area contributed by atoms with Crippen LogP contribution in [0.15, 0.2) is 48.9 Å². The van der Waals surface area contributed by atoms with Crippen molar-refractivity contribution in [3.05, 3.63) is 60.0 Å². The number of ether oxygens (including phenoxy) is 1. The van der Waals surface area contributed by atoms with E-state index in [2.05, 4.69) is 10.3 Å². The van der Waals surface area contributed by atoms with Gasteiger partial charge in [-0.25, -0.2) is 4.79 Å². The molecule has 4 rings (SSSR count). The average Bonchev–Trinajstić information content (AvgIpc) is 3.38. The average molecular weight is 410 g/mol. The number of methoxy groups -OCH3 is 1. The van der Waals surface area contributed by atoms with Crippen molar-refractivity contribution >= 4 is 34.5 Å². The van der Waals surface area contributed by atoms with Crippen LogP contribution in [-0.2, 0) is 0 Å². The molecule has 0 aliphatic carbocycles. The van der Waals surface area contributed by atoms with Gasteiger partial charge < -0.3 is 9.64 Å². The van der Waals surface area contributed by atoms with Gasteiger partial charge in [0.05, 0.1) is 24.0 Å². The molecule has 8 heteroatoms. The third-order valence-corrected chi connectivity index (χ3v) is 6.22. The molecular formula is C21H22N4O3S. The van der Waals surface area contributed by atoms with E-state index in [1.54, 1.807) is 57.5 Å². The minimum atomic E-state index is -0.333. The number of carbonyl (C=O) groups excluding carboxylic acids is 2. The number of hydrogen-bond donors (Lipinski definition) is 1. The van der Waals surface area contributed by atoms with Crippen LogP contribution in [0.4, 0.5) is 4.79 Å². The van der Waals surface area contributed by atoms with Crippen molar-refractivity contribution in [2.24, 2.45) is 0 Å². The predicted molar refractivity (Wildman–Crippen MR) is 114 cm³/mol. The molecule has 29 heavy (non-hydrogen) atoms. The quantitative estimate of drug-likeness (QED) is 0.666. The summed E-state index contributed by atoms with van der Waals surface area (Å²) in [4.78, 5) is 31.6. The van der Waals surface area contributed by atoms with Gasteiger partial charge in [-0.1, -0.05) is 6.07 Å². The summed E-state index contributed by atoms with van der Waals surface area (Å²) in [6.07, 6.45) is 5.18. The molecule has 1 saturated heterocycles. The van der Waals surface area contributed by atoms with E-state index < -0.39 is 0 Å². The van der Waals surface area contributed by atoms with Crippen molar-refractivity contribution in [3.8, 4) is 5.75 Å². The summed E-state index contributed by atoms with van der Waals surface area (Å²) in [5.74, 6) is 1.26. The van der Waals surface area contributed by atoms with Crippen LogP contribution < -0.4 is 10.1 Å². The Morgan fingerprint density at radius 1 is 1.31 bits per heavy atom. The number of nitrogens with one attached hydrogen (secondary N) is 1. The summed E-state index contributed by atoms with van der Waals surface area (Å²) < 4.78 is 6.81. The maximum absolute atomic E-state index is 13.3. The number of ketones is 1. The molecule has 7 nitrogen and oxygen atoms in total. The molecule has 1 aliphatic heterocycles. The maximum atomic E-state index is 13.3. The molecule has 1 aromatic carbocycles. The van der Waals surface area contributed by atoms with E-state index in [4.69, 9.17) is 4.74 Å². The number of benzene rings is 1. The van der Waals surface area contributed by atoms with Crippen LogP contribution in [0.1, 0.15) is 21.3 Å². The van der Waals surface area contributed by atoms with Crippen LogP contribution in [0, 0.1) is 0 Å². The SMILES string of the molecule is COc1ccc2c(C(=O)C3CSC(c4cccnc4)N3)cn(C(=O)N(C)C)c2c1. The summed E-state index contributed by atoms with van der Waals surface area (Å²) >= 11 is 1.68. The van der Waals surface area contributed by atoms with E-state index in [1.807, 2.05) is 24.4 Å². The third kappa shape index (κ3) is 3.61. The predicted octanol–water partition coefficient (Wildman–Crippen LogP) is 3.16. The minimum absolute atomic E-state index is 0.0227. The first-order chi connectivity index (χ1) is 14.0. The van der Waals surface area contributed by atoms with Crippen LogP contribution in [0.5, 0.6) is 5.75 Å². The van der Waals surface area contributed by atoms with Gasteiger partial charge in [0.2, 0.25) is 0 Å². The first-order valence-electron chi connectivity index (χ1n) is 9.22. The Hall–Kier alpha value is -2.84. The van der Waals surface area contributed by atoms with E-state index in [-0.39, 0.29) is 23.2 Å². The number of amides is 1. The van der Waals surface area contributed by atoms with Crippen molar-refractivity contribution < 1.29 is 14.3 Å². The second-order valence-corrected chi connectivity index (χ2v) is 8.19. The van der Waals surface area contributed by atoms with Gasteiger partial charge >= 0.3 is 6.03 Å². The molecule has 2 atom stereocenters. The lowest BCUT2D eigenvalue weighted by Crippen LogP contribution is -2.34. The Morgan fingerprint density at radius 2 is 2.14 bits per heavy atom. The van der Waals surface area contributed by atoms with E-state index in [9.17, 15) is 9.59 Å². The fourth-order valence-corrected chi connectivity index (χ4v) is 4.66. The Kier molecular flexibility index (Phi) is 5.29. The highest BCUT2D eigenvalue weighted by molar-refractivity contribution is 7.99. The van der Waals surface area contributed by atoms with Crippen LogP contribution in [0.25, 0.3) is 10.9 Å². The van der Waals surface area contributed by atoms with Gasteiger partial charge in [0.25, 0.3) is 0 Å². The molecule has 3 aromatic rings. The number of fused-ring (bicyclic) bond motifs is 1. The lowest BCUT2D eigenvalue weighted by Gasteiger charge is -2.12. The van der Waals surface area contributed by atoms with Crippen molar-refractivity contribution in [1.29, 1.82) is 0 Å². The zero-order valence-corrected chi connectivity index (χ0v) is 17.3. The number of aromatic nitrogens is 2. The number of rotatable bonds is 4. The number of pyridine rings is 1. The molecule has 0 spiro atoms. The third-order valence-electron chi connectivity index (χ3n) is 4.95. The van der Waals surface area contributed by atoms with Crippen molar-refractivity contribution in [3.63, 3.8) is 0 Å². The van der Waals surface area contributed by atoms with Gasteiger partial charge in [0.1, 0.15) is 5.75 Å². The van der Waals surface area contributed by atoms with Crippen molar-refractivity contribution in [2.75, 3.05) is 27.0 Å². The van der Waals surface area contributed by atoms with E-state index in [0.29, 0.717) is 22.6 Å². The largest absolute Gasteiger partial charge is 0.497 e. The highest BCUT2D eigenvalue weighted by atomic mass is 32.2. The molecule has 0 radical (unpaired) electrons. The van der Waals surface area contributed by atoms with Gasteiger partial charge in [-0.05, 0) is 23.8 Å². The summed E-state index contributed by atoms with van der Waals surface area (Å²) in [5, 5.41) is 4.16. The maximum Gasteiger partial charge on any atom is 0.328 e. The molecule has 0 bridgehead atoms. The number of carbonyl (C=O) groups is 2. The number of nitrogens with zero attached hydrogens (tertiary/aromatic N) is 3. The van der Waals surface area contributed by atoms with E-state index >= 15 is 0 Å². The molecule has 1 fully saturated rings. The second kappa shape index (κ2) is 7.88. The van der Waals surface area contributed by atoms with Crippen LogP contribution >= 0.6 is 11.8 Å². The lowest BCUT2D eigenvalue weighted by atomic mass is 10.0. The second-order valence-electron chi connectivity index (χ2n) is 7.06. The highest BCUT2D eigenvalue weighted by Crippen LogP contribution is 2.35. The zero-order chi connectivity index (χ0) is 20.5. The van der Waals surface area contributed by atoms with Crippen molar-refractivity contribution in [2.45, 2.75) is 11.4 Å². The standard InChI is InChI=1S/C21H22N4O3S/c1-24(2)21(27)25-11-16(15-7-6-14(28-3)9-18(15)25)19(26)17-12-29-20(23-17)13-5-4-8-22-10-13/h4-11,17,20,23H,12H2,1-3H3. The van der Waals surface area contributed by atoms with Crippen LogP contribution in [-0.4, -0.2) is 59.3 Å². The number of thioether (sulfide) groups is 1. The van der Waals surface area contributed by atoms with Gasteiger partial charge in [-0.2, -0.15) is 0 Å². The van der Waals surface area contributed by atoms with E-state index in [0.717, 1.165) is 10.9 Å². The first-order valence-corrected chi connectivity index (χ1v) is 10.3. The minimum Gasteiger partial charge on any atom is -0.497 e. The van der Waals surface area contributed by atoms with Gasteiger partial charge in [-0.15, -0.1) is 11.8 Å². The Morgan fingerprint density at radius 3 is 2.83 bits per heavy atom. The summed E-state index contributed by atoms with van der Waals surface area (Å²) in [7, 11) is 4.94. The fraction of sp³-hybridized carbons (Fsp3) is 0.286. The topological polar surface area (TPSA) is 76.5 Å². The van der Waals surface area contributed by atoms with Gasteiger partial charge in [0, 0.05) is 55.5 Å². The van der Waals surface area contributed by atoms with Crippen molar-refractivity contribution in [1.82, 2.24) is 19.8 Å². The van der Waals surface area contributed by atoms with Crippen LogP contribution in [0.2, 0.25) is 0 Å². The lowest BCUT2D eigenvalue weighted by molar-refractivity contribution is 0.0957. The molecule has 1 N–H and O–H groups in total. The van der Waals surface area contributed by atoms with Gasteiger partial charge in [0.15, 0.2) is 5.78 Å². The molecule has 3 heterocycles. The summed E-state index contributed by atoms with van der Waals surface area (Å²) in [6.45, 7) is 0. The van der Waals surface area contributed by atoms with Gasteiger partial charge in [-0.3, -0.25) is 19.7 Å². The Bertz CT molecular complexity index is 1060. The number of hydrogen-bond acceptors (Lipinski definition) is 6. The molecule has 1 amide bonds. The Balaban J connectivity index is 1.68. The molecule has 2 unspecified atom stereocenters. The smallest absolute Gasteiger partial charge is 0.328 e.